The van der Waals surface area contributed by atoms with E-state index < -0.39 is 0 Å². The van der Waals surface area contributed by atoms with E-state index in [1.54, 1.807) is 36.4 Å². The summed E-state index contributed by atoms with van der Waals surface area (Å²) >= 11 is 9.30. The molecule has 1 N–H and O–H groups in total. The molecule has 0 spiro atoms. The first-order valence-electron chi connectivity index (χ1n) is 6.43. The van der Waals surface area contributed by atoms with Gasteiger partial charge in [-0.05, 0) is 58.7 Å². The van der Waals surface area contributed by atoms with Gasteiger partial charge in [0.2, 0.25) is 0 Å². The lowest BCUT2D eigenvalue weighted by molar-refractivity contribution is -0.118. The normalized spacial score (nSPS) is 10.1. The van der Waals surface area contributed by atoms with Crippen LogP contribution in [0.15, 0.2) is 40.9 Å². The van der Waals surface area contributed by atoms with Gasteiger partial charge in [-0.1, -0.05) is 17.7 Å². The molecule has 0 aliphatic carbocycles. The van der Waals surface area contributed by atoms with E-state index in [-0.39, 0.29) is 12.5 Å². The van der Waals surface area contributed by atoms with Gasteiger partial charge in [-0.2, -0.15) is 0 Å². The summed E-state index contributed by atoms with van der Waals surface area (Å²) in [7, 11) is 0. The van der Waals surface area contributed by atoms with Crippen LogP contribution < -0.4 is 10.1 Å². The van der Waals surface area contributed by atoms with Crippen LogP contribution in [0.4, 0.5) is 5.69 Å². The number of benzene rings is 2. The second-order valence-electron chi connectivity index (χ2n) is 4.56. The number of ether oxygens (including phenoxy) is 1. The molecule has 0 heterocycles. The maximum Gasteiger partial charge on any atom is 0.262 e. The highest BCUT2D eigenvalue weighted by Gasteiger charge is 2.09. The highest BCUT2D eigenvalue weighted by Crippen LogP contribution is 2.26. The number of aldehydes is 1. The van der Waals surface area contributed by atoms with Crippen molar-refractivity contribution in [3.05, 3.63) is 57.0 Å². The quantitative estimate of drug-likeness (QED) is 0.787. The summed E-state index contributed by atoms with van der Waals surface area (Å²) in [6, 6.07) is 10.2. The van der Waals surface area contributed by atoms with Gasteiger partial charge in [-0.25, -0.2) is 0 Å². The second kappa shape index (κ2) is 7.42. The van der Waals surface area contributed by atoms with E-state index in [2.05, 4.69) is 21.2 Å². The zero-order valence-corrected chi connectivity index (χ0v) is 14.1. The standard InChI is InChI=1S/C16H13BrClNO3/c1-10-13(18)3-2-4-14(10)19-16(21)9-22-15-6-5-11(8-20)7-12(15)17/h2-8H,9H2,1H3,(H,19,21). The van der Waals surface area contributed by atoms with Crippen molar-refractivity contribution in [3.8, 4) is 5.75 Å². The third-order valence-corrected chi connectivity index (χ3v) is 4.02. The Labute approximate surface area is 141 Å². The Morgan fingerprint density at radius 1 is 1.36 bits per heavy atom. The summed E-state index contributed by atoms with van der Waals surface area (Å²) < 4.78 is 6.05. The van der Waals surface area contributed by atoms with Crippen LogP contribution in [-0.2, 0) is 4.79 Å². The fourth-order valence-corrected chi connectivity index (χ4v) is 2.47. The minimum absolute atomic E-state index is 0.148. The number of hydrogen-bond acceptors (Lipinski definition) is 3. The number of carbonyl (C=O) groups excluding carboxylic acids is 2. The van der Waals surface area contributed by atoms with Crippen LogP contribution in [0.2, 0.25) is 5.02 Å². The summed E-state index contributed by atoms with van der Waals surface area (Å²) in [5.41, 5.74) is 1.98. The third kappa shape index (κ3) is 4.08. The smallest absolute Gasteiger partial charge is 0.262 e. The Balaban J connectivity index is 1.98. The zero-order chi connectivity index (χ0) is 16.1. The average molecular weight is 383 g/mol. The molecule has 0 saturated carbocycles. The van der Waals surface area contributed by atoms with Gasteiger partial charge >= 0.3 is 0 Å². The average Bonchev–Trinajstić information content (AvgIpc) is 2.50. The Morgan fingerprint density at radius 3 is 2.82 bits per heavy atom. The number of hydrogen-bond donors (Lipinski definition) is 1. The van der Waals surface area contributed by atoms with Gasteiger partial charge in [0.05, 0.1) is 4.47 Å². The number of carbonyl (C=O) groups is 2. The number of anilines is 1. The van der Waals surface area contributed by atoms with Crippen molar-refractivity contribution in [3.63, 3.8) is 0 Å². The molecule has 22 heavy (non-hydrogen) atoms. The molecule has 2 aromatic carbocycles. The van der Waals surface area contributed by atoms with Crippen molar-refractivity contribution in [2.24, 2.45) is 0 Å². The van der Waals surface area contributed by atoms with E-state index in [9.17, 15) is 9.59 Å². The fraction of sp³-hybridized carbons (Fsp3) is 0.125. The highest BCUT2D eigenvalue weighted by atomic mass is 79.9. The van der Waals surface area contributed by atoms with Crippen molar-refractivity contribution >= 4 is 45.4 Å². The van der Waals surface area contributed by atoms with E-state index >= 15 is 0 Å². The van der Waals surface area contributed by atoms with Crippen LogP contribution in [0, 0.1) is 6.92 Å². The summed E-state index contributed by atoms with van der Waals surface area (Å²) in [5, 5.41) is 3.33. The molecule has 0 fully saturated rings. The lowest BCUT2D eigenvalue weighted by atomic mass is 10.2. The van der Waals surface area contributed by atoms with Crippen LogP contribution in [0.1, 0.15) is 15.9 Å². The molecule has 114 valence electrons. The number of halogens is 2. The van der Waals surface area contributed by atoms with Crippen molar-refractivity contribution in [2.75, 3.05) is 11.9 Å². The first kappa shape index (κ1) is 16.5. The lowest BCUT2D eigenvalue weighted by Gasteiger charge is -2.11. The van der Waals surface area contributed by atoms with Crippen LogP contribution in [0.25, 0.3) is 0 Å². The van der Waals surface area contributed by atoms with Gasteiger partial charge < -0.3 is 10.1 Å². The zero-order valence-electron chi connectivity index (χ0n) is 11.7. The second-order valence-corrected chi connectivity index (χ2v) is 5.82. The molecule has 0 aromatic heterocycles. The summed E-state index contributed by atoms with van der Waals surface area (Å²) in [4.78, 5) is 22.6. The Kier molecular flexibility index (Phi) is 5.57. The third-order valence-electron chi connectivity index (χ3n) is 2.99. The van der Waals surface area contributed by atoms with Crippen LogP contribution in [0.5, 0.6) is 5.75 Å². The monoisotopic (exact) mass is 381 g/mol. The lowest BCUT2D eigenvalue weighted by Crippen LogP contribution is -2.20. The molecule has 0 radical (unpaired) electrons. The van der Waals surface area contributed by atoms with E-state index in [0.29, 0.717) is 26.5 Å². The van der Waals surface area contributed by atoms with Crippen molar-refractivity contribution in [1.82, 2.24) is 0 Å². The number of rotatable bonds is 5. The van der Waals surface area contributed by atoms with Crippen molar-refractivity contribution in [1.29, 1.82) is 0 Å². The molecule has 0 aliphatic heterocycles. The molecule has 4 nitrogen and oxygen atoms in total. The number of amides is 1. The highest BCUT2D eigenvalue weighted by molar-refractivity contribution is 9.10. The minimum Gasteiger partial charge on any atom is -0.483 e. The molecular formula is C16H13BrClNO3. The van der Waals surface area contributed by atoms with Crippen LogP contribution in [-0.4, -0.2) is 18.8 Å². The van der Waals surface area contributed by atoms with Gasteiger partial charge in [0.15, 0.2) is 6.61 Å². The Hall–Kier alpha value is -1.85. The van der Waals surface area contributed by atoms with Crippen LogP contribution in [0.3, 0.4) is 0 Å². The van der Waals surface area contributed by atoms with Gasteiger partial charge in [0, 0.05) is 16.3 Å². The molecule has 6 heteroatoms. The maximum absolute atomic E-state index is 11.9. The summed E-state index contributed by atoms with van der Waals surface area (Å²) in [6.45, 7) is 1.68. The predicted octanol–water partition coefficient (Wildman–Crippen LogP) is 4.24. The molecule has 0 bridgehead atoms. The maximum atomic E-state index is 11.9. The molecule has 0 atom stereocenters. The molecule has 0 unspecified atom stereocenters. The van der Waals surface area contributed by atoms with Crippen molar-refractivity contribution < 1.29 is 14.3 Å². The van der Waals surface area contributed by atoms with Crippen LogP contribution >= 0.6 is 27.5 Å². The fourth-order valence-electron chi connectivity index (χ4n) is 1.78. The van der Waals surface area contributed by atoms with E-state index in [0.717, 1.165) is 11.8 Å². The van der Waals surface area contributed by atoms with Gasteiger partial charge in [0.1, 0.15) is 12.0 Å². The first-order valence-corrected chi connectivity index (χ1v) is 7.61. The van der Waals surface area contributed by atoms with E-state index in [4.69, 9.17) is 16.3 Å². The molecule has 2 rings (SSSR count). The Morgan fingerprint density at radius 2 is 2.14 bits per heavy atom. The minimum atomic E-state index is -0.295. The molecule has 1 amide bonds. The molecule has 2 aromatic rings. The largest absolute Gasteiger partial charge is 0.483 e. The van der Waals surface area contributed by atoms with Crippen molar-refractivity contribution in [2.45, 2.75) is 6.92 Å². The molecule has 0 saturated heterocycles. The topological polar surface area (TPSA) is 55.4 Å². The van der Waals surface area contributed by atoms with E-state index in [1.807, 2.05) is 6.92 Å². The molecule has 0 aliphatic rings. The van der Waals surface area contributed by atoms with Gasteiger partial charge in [-0.15, -0.1) is 0 Å². The van der Waals surface area contributed by atoms with E-state index in [1.165, 1.54) is 0 Å². The molecular weight excluding hydrogens is 370 g/mol. The first-order chi connectivity index (χ1) is 10.5. The van der Waals surface area contributed by atoms with Gasteiger partial charge in [-0.3, -0.25) is 9.59 Å². The number of nitrogens with one attached hydrogen (secondary N) is 1. The Bertz CT molecular complexity index is 719. The SMILES string of the molecule is Cc1c(Cl)cccc1NC(=O)COc1ccc(C=O)cc1Br. The van der Waals surface area contributed by atoms with Gasteiger partial charge in [0.25, 0.3) is 5.91 Å². The predicted molar refractivity (Wildman–Crippen MR) is 89.8 cm³/mol. The summed E-state index contributed by atoms with van der Waals surface area (Å²) in [6.07, 6.45) is 0.739. The summed E-state index contributed by atoms with van der Waals surface area (Å²) in [5.74, 6) is 0.195.